The number of hydrogen-bond donors (Lipinski definition) is 1. The molecule has 150 valence electrons. The van der Waals surface area contributed by atoms with E-state index in [9.17, 15) is 24.3 Å². The maximum atomic E-state index is 13.5. The van der Waals surface area contributed by atoms with Gasteiger partial charge in [-0.15, -0.1) is 0 Å². The van der Waals surface area contributed by atoms with E-state index in [1.807, 2.05) is 0 Å². The molecule has 0 aromatic heterocycles. The molecule has 2 aliphatic rings. The molecule has 0 fully saturated rings. The van der Waals surface area contributed by atoms with Crippen LogP contribution >= 0.6 is 0 Å². The van der Waals surface area contributed by atoms with Crippen molar-refractivity contribution in [3.05, 3.63) is 92.6 Å². The van der Waals surface area contributed by atoms with Gasteiger partial charge in [-0.05, 0) is 43.0 Å². The van der Waals surface area contributed by atoms with Gasteiger partial charge >= 0.3 is 0 Å². The van der Waals surface area contributed by atoms with Crippen LogP contribution in [0.5, 0.6) is 0 Å². The highest BCUT2D eigenvalue weighted by Crippen LogP contribution is 2.41. The van der Waals surface area contributed by atoms with Crippen molar-refractivity contribution in [3.63, 3.8) is 0 Å². The van der Waals surface area contributed by atoms with E-state index in [4.69, 9.17) is 0 Å². The molecule has 1 unspecified atom stereocenters. The lowest BCUT2D eigenvalue weighted by molar-refractivity contribution is -0.107. The van der Waals surface area contributed by atoms with Crippen LogP contribution in [0.15, 0.2) is 64.8 Å². The van der Waals surface area contributed by atoms with Crippen molar-refractivity contribution in [2.24, 2.45) is 0 Å². The molecular formula is C25H20O5. The second-order valence-corrected chi connectivity index (χ2v) is 7.62. The lowest BCUT2D eigenvalue weighted by Gasteiger charge is -2.28. The van der Waals surface area contributed by atoms with Crippen molar-refractivity contribution >= 4 is 23.6 Å². The number of rotatable bonds is 4. The van der Waals surface area contributed by atoms with Crippen LogP contribution < -0.4 is 0 Å². The molecule has 1 N–H and O–H groups in total. The van der Waals surface area contributed by atoms with Crippen molar-refractivity contribution in [2.75, 3.05) is 0 Å². The summed E-state index contributed by atoms with van der Waals surface area (Å²) in [5.74, 6) is -1.08. The number of fused-ring (bicyclic) bond motifs is 2. The fourth-order valence-corrected chi connectivity index (χ4v) is 4.21. The number of aliphatic hydroxyl groups excluding tert-OH is 1. The Morgan fingerprint density at radius 3 is 2.17 bits per heavy atom. The minimum atomic E-state index is -1.06. The summed E-state index contributed by atoms with van der Waals surface area (Å²) in [5, 5.41) is 10.9. The van der Waals surface area contributed by atoms with E-state index in [1.54, 1.807) is 56.3 Å². The molecule has 5 heteroatoms. The van der Waals surface area contributed by atoms with Gasteiger partial charge in [0, 0.05) is 39.8 Å². The van der Waals surface area contributed by atoms with Crippen LogP contribution in [-0.4, -0.2) is 28.7 Å². The number of Topliss-reactive ketones (excluding diaryl/α,β-unsaturated/α-hetero) is 3. The Hall–Kier alpha value is -3.44. The summed E-state index contributed by atoms with van der Waals surface area (Å²) in [6.07, 6.45) is 0.549. The van der Waals surface area contributed by atoms with Crippen LogP contribution in [0.25, 0.3) is 0 Å². The zero-order chi connectivity index (χ0) is 21.6. The first-order valence-electron chi connectivity index (χ1n) is 9.76. The molecule has 5 nitrogen and oxygen atoms in total. The molecule has 0 bridgehead atoms. The largest absolute Gasteiger partial charge is 0.384 e. The van der Waals surface area contributed by atoms with Crippen LogP contribution in [0.2, 0.25) is 0 Å². The summed E-state index contributed by atoms with van der Waals surface area (Å²) >= 11 is 0. The van der Waals surface area contributed by atoms with Crippen molar-refractivity contribution in [1.29, 1.82) is 0 Å². The first-order chi connectivity index (χ1) is 14.4. The van der Waals surface area contributed by atoms with Crippen LogP contribution in [-0.2, 0) is 11.2 Å². The highest BCUT2D eigenvalue weighted by molar-refractivity contribution is 6.33. The summed E-state index contributed by atoms with van der Waals surface area (Å²) in [5.41, 5.74) is 2.84. The summed E-state index contributed by atoms with van der Waals surface area (Å²) in [6.45, 7) is 3.15. The molecule has 0 radical (unpaired) electrons. The van der Waals surface area contributed by atoms with E-state index in [0.717, 1.165) is 11.8 Å². The van der Waals surface area contributed by atoms with Crippen LogP contribution in [0, 0.1) is 0 Å². The number of benzene rings is 2. The maximum absolute atomic E-state index is 13.5. The van der Waals surface area contributed by atoms with Gasteiger partial charge in [-0.3, -0.25) is 14.4 Å². The van der Waals surface area contributed by atoms with Gasteiger partial charge in [0.1, 0.15) is 12.4 Å². The number of ketones is 3. The Morgan fingerprint density at radius 1 is 0.867 bits per heavy atom. The van der Waals surface area contributed by atoms with Gasteiger partial charge in [-0.1, -0.05) is 36.4 Å². The van der Waals surface area contributed by atoms with Gasteiger partial charge in [-0.2, -0.15) is 0 Å². The molecule has 30 heavy (non-hydrogen) atoms. The molecule has 0 heterocycles. The zero-order valence-corrected chi connectivity index (χ0v) is 16.7. The predicted molar refractivity (Wildman–Crippen MR) is 111 cm³/mol. The molecule has 4 rings (SSSR count). The average molecular weight is 400 g/mol. The van der Waals surface area contributed by atoms with Crippen molar-refractivity contribution in [1.82, 2.24) is 0 Å². The Morgan fingerprint density at radius 2 is 1.50 bits per heavy atom. The third-order valence-electron chi connectivity index (χ3n) is 5.85. The smallest absolute Gasteiger partial charge is 0.194 e. The van der Waals surface area contributed by atoms with Gasteiger partial charge in [-0.25, -0.2) is 0 Å². The highest BCUT2D eigenvalue weighted by atomic mass is 16.3. The van der Waals surface area contributed by atoms with Crippen LogP contribution in [0.4, 0.5) is 0 Å². The minimum absolute atomic E-state index is 0.0594. The standard InChI is InChI=1S/C25H20O5/c1-13-20(24(29)17-8-4-3-7-16(17)22(13)27)21-14(2)23(28)18-10-9-15(6-5-11-26)12-19(18)25(21)30/h3-4,7-12,23,28H,5-6H2,1-2H3. The van der Waals surface area contributed by atoms with Crippen molar-refractivity contribution in [3.8, 4) is 0 Å². The number of aldehydes is 1. The SMILES string of the molecule is CC1=C(C2=C(C)C(O)c3ccc(CCC=O)cc3C2=O)C(=O)c2ccccc2C1=O. The third-order valence-corrected chi connectivity index (χ3v) is 5.85. The Balaban J connectivity index is 1.88. The van der Waals surface area contributed by atoms with E-state index in [2.05, 4.69) is 0 Å². The molecule has 0 amide bonds. The first-order valence-corrected chi connectivity index (χ1v) is 9.76. The van der Waals surface area contributed by atoms with Crippen LogP contribution in [0.1, 0.15) is 68.6 Å². The Bertz CT molecular complexity index is 1200. The number of aliphatic hydroxyl groups is 1. The van der Waals surface area contributed by atoms with E-state index in [-0.39, 0.29) is 28.1 Å². The molecule has 0 saturated heterocycles. The number of carbonyl (C=O) groups is 4. The molecule has 0 saturated carbocycles. The minimum Gasteiger partial charge on any atom is -0.384 e. The Kier molecular flexibility index (Phi) is 4.92. The second-order valence-electron chi connectivity index (χ2n) is 7.62. The maximum Gasteiger partial charge on any atom is 0.194 e. The number of hydrogen-bond acceptors (Lipinski definition) is 5. The van der Waals surface area contributed by atoms with Crippen LogP contribution in [0.3, 0.4) is 0 Å². The topological polar surface area (TPSA) is 88.5 Å². The summed E-state index contributed by atoms with van der Waals surface area (Å²) in [7, 11) is 0. The first kappa shape index (κ1) is 19.9. The predicted octanol–water partition coefficient (Wildman–Crippen LogP) is 3.76. The van der Waals surface area contributed by atoms with E-state index in [1.165, 1.54) is 0 Å². The second kappa shape index (κ2) is 7.43. The lowest BCUT2D eigenvalue weighted by atomic mass is 9.74. The van der Waals surface area contributed by atoms with Crippen molar-refractivity contribution < 1.29 is 24.3 Å². The summed E-state index contributed by atoms with van der Waals surface area (Å²) < 4.78 is 0. The molecule has 0 aliphatic heterocycles. The molecular weight excluding hydrogens is 380 g/mol. The third kappa shape index (κ3) is 2.90. The monoisotopic (exact) mass is 400 g/mol. The number of carbonyl (C=O) groups excluding carboxylic acids is 4. The van der Waals surface area contributed by atoms with Gasteiger partial charge < -0.3 is 9.90 Å². The van der Waals surface area contributed by atoms with Crippen molar-refractivity contribution in [2.45, 2.75) is 32.8 Å². The number of allylic oxidation sites excluding steroid dienone is 3. The van der Waals surface area contributed by atoms with E-state index < -0.39 is 17.7 Å². The van der Waals surface area contributed by atoms with Gasteiger partial charge in [0.2, 0.25) is 0 Å². The molecule has 1 atom stereocenters. The van der Waals surface area contributed by atoms with E-state index >= 15 is 0 Å². The number of aryl methyl sites for hydroxylation is 1. The molecule has 0 spiro atoms. The van der Waals surface area contributed by atoms with Gasteiger partial charge in [0.25, 0.3) is 0 Å². The normalized spacial score (nSPS) is 18.5. The highest BCUT2D eigenvalue weighted by Gasteiger charge is 2.39. The fourth-order valence-electron chi connectivity index (χ4n) is 4.21. The molecule has 2 aromatic carbocycles. The van der Waals surface area contributed by atoms with Gasteiger partial charge in [0.05, 0.1) is 0 Å². The lowest BCUT2D eigenvalue weighted by Crippen LogP contribution is -2.28. The van der Waals surface area contributed by atoms with Gasteiger partial charge in [0.15, 0.2) is 17.3 Å². The Labute approximate surface area is 173 Å². The average Bonchev–Trinajstić information content (AvgIpc) is 2.76. The van der Waals surface area contributed by atoms with E-state index in [0.29, 0.717) is 35.1 Å². The zero-order valence-electron chi connectivity index (χ0n) is 16.7. The summed E-state index contributed by atoms with van der Waals surface area (Å²) in [4.78, 5) is 50.3. The fraction of sp³-hybridized carbons (Fsp3) is 0.200. The molecule has 2 aliphatic carbocycles. The quantitative estimate of drug-likeness (QED) is 0.790. The molecule has 2 aromatic rings. The summed E-state index contributed by atoms with van der Waals surface area (Å²) in [6, 6.07) is 11.7.